The standard InChI is InChI=1S/C30H27Cl2F2N7O/c1-29(2,3)14-23-30(15-35,20-11-10-17(31)13-22(20)33)24(19-8-5-9-21(32)25(19)34)26(37-23)28(42)36-18-7-4-6-16(12-18)27-38-40-41-39-27/h4-13,23-24,26,37H,14H2,1-3H3,(H,36,42)(H,38,39,40,41)/t23-,24?,26+,30-/m1/s1. The minimum atomic E-state index is -1.72. The number of amides is 1. The Balaban J connectivity index is 1.67. The van der Waals surface area contributed by atoms with E-state index in [1.165, 1.54) is 24.3 Å². The normalized spacial score (nSPS) is 22.1. The average Bonchev–Trinajstić information content (AvgIpc) is 3.57. The Morgan fingerprint density at radius 2 is 1.88 bits per heavy atom. The fraction of sp³-hybridized carbons (Fsp3) is 0.300. The number of rotatable bonds is 6. The van der Waals surface area contributed by atoms with Gasteiger partial charge in [-0.3, -0.25) is 4.79 Å². The molecule has 8 nitrogen and oxygen atoms in total. The summed E-state index contributed by atoms with van der Waals surface area (Å²) in [7, 11) is 0. The van der Waals surface area contributed by atoms with Crippen LogP contribution in [0.5, 0.6) is 0 Å². The molecule has 4 aromatic rings. The van der Waals surface area contributed by atoms with E-state index in [9.17, 15) is 10.1 Å². The van der Waals surface area contributed by atoms with Crippen LogP contribution in [0.3, 0.4) is 0 Å². The second kappa shape index (κ2) is 11.4. The highest BCUT2D eigenvalue weighted by molar-refractivity contribution is 6.31. The van der Waals surface area contributed by atoms with Crippen molar-refractivity contribution in [3.05, 3.63) is 93.5 Å². The molecule has 0 spiro atoms. The highest BCUT2D eigenvalue weighted by Gasteiger charge is 2.61. The molecule has 1 aromatic heterocycles. The monoisotopic (exact) mass is 609 g/mol. The predicted octanol–water partition coefficient (Wildman–Crippen LogP) is 6.41. The number of aromatic nitrogens is 4. The van der Waals surface area contributed by atoms with Gasteiger partial charge < -0.3 is 10.6 Å². The van der Waals surface area contributed by atoms with Crippen molar-refractivity contribution in [1.29, 1.82) is 5.26 Å². The van der Waals surface area contributed by atoms with E-state index in [2.05, 4.69) is 37.3 Å². The van der Waals surface area contributed by atoms with E-state index in [0.717, 1.165) is 6.07 Å². The zero-order valence-electron chi connectivity index (χ0n) is 22.9. The molecule has 2 heterocycles. The van der Waals surface area contributed by atoms with E-state index in [-0.39, 0.29) is 26.6 Å². The average molecular weight is 610 g/mol. The number of anilines is 1. The van der Waals surface area contributed by atoms with Crippen LogP contribution in [0.15, 0.2) is 60.7 Å². The molecule has 1 saturated heterocycles. The highest BCUT2D eigenvalue weighted by Crippen LogP contribution is 2.52. The highest BCUT2D eigenvalue weighted by atomic mass is 35.5. The summed E-state index contributed by atoms with van der Waals surface area (Å²) in [6.07, 6.45) is 0.360. The van der Waals surface area contributed by atoms with Crippen molar-refractivity contribution in [2.45, 2.75) is 50.6 Å². The predicted molar refractivity (Wildman–Crippen MR) is 156 cm³/mol. The Labute approximate surface area is 251 Å². The Morgan fingerprint density at radius 3 is 2.55 bits per heavy atom. The number of nitrogens with zero attached hydrogens (tertiary/aromatic N) is 4. The van der Waals surface area contributed by atoms with E-state index in [1.807, 2.05) is 20.8 Å². The van der Waals surface area contributed by atoms with Crippen molar-refractivity contribution >= 4 is 34.8 Å². The van der Waals surface area contributed by atoms with Crippen molar-refractivity contribution in [2.24, 2.45) is 5.41 Å². The minimum absolute atomic E-state index is 0.00919. The van der Waals surface area contributed by atoms with Crippen LogP contribution in [0.2, 0.25) is 10.0 Å². The van der Waals surface area contributed by atoms with Crippen LogP contribution in [-0.2, 0) is 10.2 Å². The molecule has 3 aromatic carbocycles. The van der Waals surface area contributed by atoms with Gasteiger partial charge in [0.1, 0.15) is 17.0 Å². The van der Waals surface area contributed by atoms with Gasteiger partial charge in [-0.25, -0.2) is 8.78 Å². The number of H-pyrrole nitrogens is 1. The zero-order chi connectivity index (χ0) is 30.2. The van der Waals surface area contributed by atoms with Gasteiger partial charge in [0.05, 0.1) is 17.1 Å². The lowest BCUT2D eigenvalue weighted by Gasteiger charge is -2.37. The van der Waals surface area contributed by atoms with Gasteiger partial charge >= 0.3 is 0 Å². The number of nitrogens with one attached hydrogen (secondary N) is 3. The van der Waals surface area contributed by atoms with Crippen molar-refractivity contribution in [2.75, 3.05) is 5.32 Å². The number of hydrogen-bond donors (Lipinski definition) is 3. The fourth-order valence-electron chi connectivity index (χ4n) is 5.80. The first-order chi connectivity index (χ1) is 19.9. The SMILES string of the molecule is CC(C)(C)C[C@H]1N[C@H](C(=O)Nc2cccc(-c3nn[nH]n3)c2)C(c2cccc(Cl)c2F)[C@]1(C#N)c1ccc(Cl)cc1F. The number of halogens is 4. The van der Waals surface area contributed by atoms with Crippen LogP contribution in [0, 0.1) is 28.4 Å². The minimum Gasteiger partial charge on any atom is -0.325 e. The van der Waals surface area contributed by atoms with Crippen molar-refractivity contribution in [3.63, 3.8) is 0 Å². The molecule has 4 atom stereocenters. The maximum atomic E-state index is 15.8. The maximum Gasteiger partial charge on any atom is 0.242 e. The second-order valence-electron chi connectivity index (χ2n) is 11.5. The molecule has 0 aliphatic carbocycles. The van der Waals surface area contributed by atoms with E-state index in [1.54, 1.807) is 30.3 Å². The quantitative estimate of drug-likeness (QED) is 0.232. The third-order valence-corrected chi connectivity index (χ3v) is 7.99. The molecule has 0 bridgehead atoms. The third-order valence-electron chi connectivity index (χ3n) is 7.47. The molecule has 1 amide bonds. The Bertz CT molecular complexity index is 1670. The lowest BCUT2D eigenvalue weighted by Crippen LogP contribution is -2.45. The third kappa shape index (κ3) is 5.48. The molecule has 1 fully saturated rings. The number of carbonyl (C=O) groups excluding carboxylic acids is 1. The smallest absolute Gasteiger partial charge is 0.242 e. The summed E-state index contributed by atoms with van der Waals surface area (Å²) in [5.74, 6) is -2.91. The summed E-state index contributed by atoms with van der Waals surface area (Å²) in [4.78, 5) is 14.1. The number of carbonyl (C=O) groups is 1. The van der Waals surface area contributed by atoms with Gasteiger partial charge in [0, 0.05) is 33.8 Å². The van der Waals surface area contributed by atoms with E-state index in [0.29, 0.717) is 23.5 Å². The van der Waals surface area contributed by atoms with Gasteiger partial charge in [0.25, 0.3) is 0 Å². The fourth-order valence-corrected chi connectivity index (χ4v) is 6.14. The van der Waals surface area contributed by atoms with Crippen LogP contribution in [0.4, 0.5) is 14.5 Å². The molecule has 12 heteroatoms. The molecule has 1 aliphatic heterocycles. The first-order valence-electron chi connectivity index (χ1n) is 13.2. The number of aromatic amines is 1. The lowest BCUT2D eigenvalue weighted by atomic mass is 9.62. The van der Waals surface area contributed by atoms with E-state index in [4.69, 9.17) is 23.2 Å². The molecule has 42 heavy (non-hydrogen) atoms. The van der Waals surface area contributed by atoms with Crippen LogP contribution in [-0.4, -0.2) is 38.6 Å². The topological polar surface area (TPSA) is 119 Å². The van der Waals surface area contributed by atoms with Crippen molar-refractivity contribution in [1.82, 2.24) is 25.9 Å². The molecular formula is C30H27Cl2F2N7O. The summed E-state index contributed by atoms with van der Waals surface area (Å²) >= 11 is 12.3. The van der Waals surface area contributed by atoms with Crippen molar-refractivity contribution < 1.29 is 13.6 Å². The number of benzene rings is 3. The van der Waals surface area contributed by atoms with Crippen LogP contribution in [0.1, 0.15) is 44.2 Å². The van der Waals surface area contributed by atoms with Crippen molar-refractivity contribution in [3.8, 4) is 17.5 Å². The Hall–Kier alpha value is -3.91. The molecule has 1 unspecified atom stereocenters. The van der Waals surface area contributed by atoms with Gasteiger partial charge in [0.2, 0.25) is 11.7 Å². The van der Waals surface area contributed by atoms with Gasteiger partial charge in [-0.2, -0.15) is 10.5 Å². The van der Waals surface area contributed by atoms with Gasteiger partial charge in [-0.05, 0) is 52.9 Å². The van der Waals surface area contributed by atoms with E-state index >= 15 is 8.78 Å². The number of tetrazole rings is 1. The summed E-state index contributed by atoms with van der Waals surface area (Å²) in [5.41, 5.74) is -1.04. The molecule has 0 radical (unpaired) electrons. The zero-order valence-corrected chi connectivity index (χ0v) is 24.4. The Morgan fingerprint density at radius 1 is 1.12 bits per heavy atom. The van der Waals surface area contributed by atoms with Crippen LogP contribution >= 0.6 is 23.2 Å². The van der Waals surface area contributed by atoms with E-state index < -0.39 is 41.0 Å². The Kier molecular flexibility index (Phi) is 8.03. The summed E-state index contributed by atoms with van der Waals surface area (Å²) in [6, 6.07) is 15.6. The molecule has 5 rings (SSSR count). The van der Waals surface area contributed by atoms with Crippen LogP contribution < -0.4 is 10.6 Å². The molecular weight excluding hydrogens is 583 g/mol. The van der Waals surface area contributed by atoms with Gasteiger partial charge in [-0.1, -0.05) is 74.3 Å². The molecule has 1 aliphatic rings. The van der Waals surface area contributed by atoms with Gasteiger partial charge in [-0.15, -0.1) is 10.2 Å². The largest absolute Gasteiger partial charge is 0.325 e. The summed E-state index contributed by atoms with van der Waals surface area (Å²) in [6.45, 7) is 5.92. The maximum absolute atomic E-state index is 15.8. The number of hydrogen-bond acceptors (Lipinski definition) is 6. The number of nitriles is 1. The molecule has 3 N–H and O–H groups in total. The second-order valence-corrected chi connectivity index (χ2v) is 12.3. The molecule has 0 saturated carbocycles. The first-order valence-corrected chi connectivity index (χ1v) is 13.9. The lowest BCUT2D eigenvalue weighted by molar-refractivity contribution is -0.118. The summed E-state index contributed by atoms with van der Waals surface area (Å²) in [5, 5.41) is 31.0. The molecule has 216 valence electrons. The van der Waals surface area contributed by atoms with Crippen LogP contribution in [0.25, 0.3) is 11.4 Å². The first kappa shape index (κ1) is 29.6. The summed E-state index contributed by atoms with van der Waals surface area (Å²) < 4.78 is 31.6. The van der Waals surface area contributed by atoms with Gasteiger partial charge in [0.15, 0.2) is 0 Å².